The summed E-state index contributed by atoms with van der Waals surface area (Å²) in [4.78, 5) is 0. The van der Waals surface area contributed by atoms with Crippen molar-refractivity contribution < 1.29 is 10.2 Å². The van der Waals surface area contributed by atoms with Crippen LogP contribution in [0, 0.1) is 23.7 Å². The van der Waals surface area contributed by atoms with E-state index in [2.05, 4.69) is 0 Å². The molecular weight excluding hydrogens is 176 g/mol. The lowest BCUT2D eigenvalue weighted by atomic mass is 9.66. The van der Waals surface area contributed by atoms with Gasteiger partial charge in [-0.1, -0.05) is 12.8 Å². The normalized spacial score (nSPS) is 57.0. The summed E-state index contributed by atoms with van der Waals surface area (Å²) in [5.41, 5.74) is 0. The topological polar surface area (TPSA) is 40.5 Å². The van der Waals surface area contributed by atoms with Crippen molar-refractivity contribution in [1.82, 2.24) is 0 Å². The van der Waals surface area contributed by atoms with Crippen LogP contribution < -0.4 is 0 Å². The zero-order valence-corrected chi connectivity index (χ0v) is 8.60. The monoisotopic (exact) mass is 196 g/mol. The molecule has 3 aliphatic carbocycles. The molecule has 2 N–H and O–H groups in total. The van der Waals surface area contributed by atoms with Crippen LogP contribution in [0.2, 0.25) is 0 Å². The Bertz CT molecular complexity index is 204. The summed E-state index contributed by atoms with van der Waals surface area (Å²) in [6.45, 7) is 0. The molecule has 0 spiro atoms. The third-order valence-electron chi connectivity index (χ3n) is 5.03. The van der Waals surface area contributed by atoms with Gasteiger partial charge in [0.05, 0.1) is 12.2 Å². The molecule has 3 fully saturated rings. The van der Waals surface area contributed by atoms with E-state index in [0.717, 1.165) is 24.7 Å². The summed E-state index contributed by atoms with van der Waals surface area (Å²) < 4.78 is 0. The minimum absolute atomic E-state index is 0.415. The highest BCUT2D eigenvalue weighted by Gasteiger charge is 2.52. The first-order chi connectivity index (χ1) is 6.79. The van der Waals surface area contributed by atoms with Gasteiger partial charge in [-0.3, -0.25) is 0 Å². The Balaban J connectivity index is 1.89. The van der Waals surface area contributed by atoms with Crippen LogP contribution in [0.4, 0.5) is 0 Å². The van der Waals surface area contributed by atoms with Gasteiger partial charge in [0.25, 0.3) is 0 Å². The lowest BCUT2D eigenvalue weighted by Gasteiger charge is -2.43. The molecule has 3 saturated carbocycles. The molecule has 80 valence electrons. The number of rotatable bonds is 0. The molecule has 0 radical (unpaired) electrons. The molecule has 0 bridgehead atoms. The maximum Gasteiger partial charge on any atom is 0.0832 e. The summed E-state index contributed by atoms with van der Waals surface area (Å²) in [7, 11) is 0. The van der Waals surface area contributed by atoms with Crippen molar-refractivity contribution in [2.75, 3.05) is 0 Å². The Morgan fingerprint density at radius 1 is 0.571 bits per heavy atom. The third-order valence-corrected chi connectivity index (χ3v) is 5.03. The highest BCUT2D eigenvalue weighted by Crippen LogP contribution is 2.53. The molecule has 3 rings (SSSR count). The molecule has 0 aromatic rings. The summed E-state index contributed by atoms with van der Waals surface area (Å²) in [5, 5.41) is 20.1. The van der Waals surface area contributed by atoms with Crippen LogP contribution in [-0.4, -0.2) is 22.4 Å². The van der Waals surface area contributed by atoms with Gasteiger partial charge in [0.15, 0.2) is 0 Å². The second-order valence-electron chi connectivity index (χ2n) is 5.50. The van der Waals surface area contributed by atoms with Crippen molar-refractivity contribution >= 4 is 0 Å². The zero-order chi connectivity index (χ0) is 9.71. The van der Waals surface area contributed by atoms with Crippen LogP contribution in [0.15, 0.2) is 0 Å². The minimum atomic E-state index is -0.415. The first-order valence-electron chi connectivity index (χ1n) is 6.15. The van der Waals surface area contributed by atoms with E-state index in [0.29, 0.717) is 11.8 Å². The predicted octanol–water partition coefficient (Wildman–Crippen LogP) is 1.55. The molecule has 2 heteroatoms. The maximum absolute atomic E-state index is 10.0. The van der Waals surface area contributed by atoms with Crippen molar-refractivity contribution in [2.45, 2.75) is 50.7 Å². The fourth-order valence-corrected chi connectivity index (χ4v) is 4.45. The average Bonchev–Trinajstić information content (AvgIpc) is 2.80. The third kappa shape index (κ3) is 1.10. The number of hydrogen-bond acceptors (Lipinski definition) is 2. The molecule has 14 heavy (non-hydrogen) atoms. The van der Waals surface area contributed by atoms with Crippen molar-refractivity contribution in [3.05, 3.63) is 0 Å². The van der Waals surface area contributed by atoms with E-state index in [-0.39, 0.29) is 0 Å². The van der Waals surface area contributed by atoms with Gasteiger partial charge in [-0.15, -0.1) is 0 Å². The lowest BCUT2D eigenvalue weighted by Crippen LogP contribution is -2.49. The second-order valence-corrected chi connectivity index (χ2v) is 5.50. The molecule has 2 nitrogen and oxygen atoms in total. The van der Waals surface area contributed by atoms with E-state index in [1.165, 1.54) is 25.7 Å². The first kappa shape index (κ1) is 9.17. The Morgan fingerprint density at radius 2 is 0.929 bits per heavy atom. The molecular formula is C12H20O2. The largest absolute Gasteiger partial charge is 0.390 e. The van der Waals surface area contributed by atoms with Gasteiger partial charge in [0.1, 0.15) is 0 Å². The quantitative estimate of drug-likeness (QED) is 0.617. The summed E-state index contributed by atoms with van der Waals surface area (Å²) in [6, 6.07) is 0. The molecule has 0 aromatic carbocycles. The Morgan fingerprint density at radius 3 is 1.36 bits per heavy atom. The highest BCUT2D eigenvalue weighted by molar-refractivity contribution is 5.01. The molecule has 0 aliphatic heterocycles. The van der Waals surface area contributed by atoms with Crippen molar-refractivity contribution in [3.8, 4) is 0 Å². The number of aliphatic hydroxyl groups excluding tert-OH is 2. The van der Waals surface area contributed by atoms with Crippen LogP contribution in [0.25, 0.3) is 0 Å². The van der Waals surface area contributed by atoms with Crippen LogP contribution in [0.5, 0.6) is 0 Å². The van der Waals surface area contributed by atoms with Crippen LogP contribution in [0.3, 0.4) is 0 Å². The maximum atomic E-state index is 10.0. The summed E-state index contributed by atoms with van der Waals surface area (Å²) in [6.07, 6.45) is 6.59. The van der Waals surface area contributed by atoms with Crippen molar-refractivity contribution in [3.63, 3.8) is 0 Å². The SMILES string of the molecule is O[C@@H]1[C@@H](O)[C@H]2CCC[C@H]2[C@@H]2CCC[C@H]12. The molecule has 0 amide bonds. The highest BCUT2D eigenvalue weighted by atomic mass is 16.3. The number of aliphatic hydroxyl groups is 2. The average molecular weight is 196 g/mol. The van der Waals surface area contributed by atoms with E-state index >= 15 is 0 Å². The predicted molar refractivity (Wildman–Crippen MR) is 53.7 cm³/mol. The molecule has 0 saturated heterocycles. The van der Waals surface area contributed by atoms with E-state index in [1.54, 1.807) is 0 Å². The number of fused-ring (bicyclic) bond motifs is 3. The van der Waals surface area contributed by atoms with Crippen LogP contribution in [-0.2, 0) is 0 Å². The number of hydrogen-bond donors (Lipinski definition) is 2. The summed E-state index contributed by atoms with van der Waals surface area (Å²) in [5.74, 6) is 2.32. The van der Waals surface area contributed by atoms with Crippen LogP contribution in [0.1, 0.15) is 38.5 Å². The Kier molecular flexibility index (Phi) is 2.10. The van der Waals surface area contributed by atoms with Gasteiger partial charge in [-0.2, -0.15) is 0 Å². The second kappa shape index (κ2) is 3.21. The fourth-order valence-electron chi connectivity index (χ4n) is 4.45. The molecule has 6 atom stereocenters. The minimum Gasteiger partial charge on any atom is -0.390 e. The zero-order valence-electron chi connectivity index (χ0n) is 8.60. The van der Waals surface area contributed by atoms with E-state index in [4.69, 9.17) is 0 Å². The standard InChI is InChI=1S/C12H20O2/c13-11-9-5-1-3-7(9)8-4-2-6-10(8)12(11)14/h7-14H,1-6H2/t7-,8-,9-,10-,11-,12-/m0/s1. The molecule has 3 aliphatic rings. The van der Waals surface area contributed by atoms with Crippen molar-refractivity contribution in [1.29, 1.82) is 0 Å². The smallest absolute Gasteiger partial charge is 0.0832 e. The first-order valence-corrected chi connectivity index (χ1v) is 6.15. The van der Waals surface area contributed by atoms with Gasteiger partial charge in [-0.05, 0) is 49.4 Å². The van der Waals surface area contributed by atoms with Crippen LogP contribution >= 0.6 is 0 Å². The fraction of sp³-hybridized carbons (Fsp3) is 1.00. The molecule has 0 unspecified atom stereocenters. The van der Waals surface area contributed by atoms with Crippen molar-refractivity contribution in [2.24, 2.45) is 23.7 Å². The van der Waals surface area contributed by atoms with E-state index in [1.807, 2.05) is 0 Å². The molecule has 0 heterocycles. The van der Waals surface area contributed by atoms with E-state index < -0.39 is 12.2 Å². The van der Waals surface area contributed by atoms with Gasteiger partial charge in [0, 0.05) is 0 Å². The lowest BCUT2D eigenvalue weighted by molar-refractivity contribution is -0.109. The van der Waals surface area contributed by atoms with Gasteiger partial charge in [-0.25, -0.2) is 0 Å². The van der Waals surface area contributed by atoms with Gasteiger partial charge < -0.3 is 10.2 Å². The van der Waals surface area contributed by atoms with E-state index in [9.17, 15) is 10.2 Å². The Hall–Kier alpha value is -0.0800. The molecule has 0 aromatic heterocycles. The Labute approximate surface area is 85.3 Å². The summed E-state index contributed by atoms with van der Waals surface area (Å²) >= 11 is 0. The van der Waals surface area contributed by atoms with Gasteiger partial charge >= 0.3 is 0 Å². The van der Waals surface area contributed by atoms with Gasteiger partial charge in [0.2, 0.25) is 0 Å².